The van der Waals surface area contributed by atoms with E-state index in [1.165, 1.54) is 0 Å². The zero-order valence-corrected chi connectivity index (χ0v) is 12.7. The van der Waals surface area contributed by atoms with Crippen LogP contribution in [0.3, 0.4) is 0 Å². The molecule has 0 bridgehead atoms. The van der Waals surface area contributed by atoms with Crippen molar-refractivity contribution in [2.75, 3.05) is 10.2 Å². The first-order valence-electron chi connectivity index (χ1n) is 6.18. The van der Waals surface area contributed by atoms with Crippen LogP contribution in [0.5, 0.6) is 0 Å². The second kappa shape index (κ2) is 3.79. The molecule has 0 aromatic heterocycles. The topological polar surface area (TPSA) is 37.4 Å². The summed E-state index contributed by atoms with van der Waals surface area (Å²) in [5.74, 6) is -0.811. The van der Waals surface area contributed by atoms with Crippen LogP contribution in [0.1, 0.15) is 35.3 Å². The molecule has 19 heavy (non-hydrogen) atoms. The molecular formula is C15H14BrNO2. The predicted octanol–water partition coefficient (Wildman–Crippen LogP) is 3.09. The Morgan fingerprint density at radius 3 is 2.47 bits per heavy atom. The maximum atomic E-state index is 12.2. The van der Waals surface area contributed by atoms with Gasteiger partial charge in [0, 0.05) is 10.9 Å². The zero-order valence-electron chi connectivity index (χ0n) is 11.1. The summed E-state index contributed by atoms with van der Waals surface area (Å²) in [6.45, 7) is 5.86. The molecule has 1 amide bonds. The van der Waals surface area contributed by atoms with Gasteiger partial charge < -0.3 is 0 Å². The highest BCUT2D eigenvalue weighted by molar-refractivity contribution is 9.09. The van der Waals surface area contributed by atoms with Crippen LogP contribution in [0.15, 0.2) is 18.2 Å². The van der Waals surface area contributed by atoms with Crippen molar-refractivity contribution < 1.29 is 9.59 Å². The smallest absolute Gasteiger partial charge is 0.295 e. The number of amides is 1. The lowest BCUT2D eigenvalue weighted by Crippen LogP contribution is -2.47. The Balaban J connectivity index is 2.40. The van der Waals surface area contributed by atoms with Gasteiger partial charge in [0.05, 0.1) is 16.8 Å². The van der Waals surface area contributed by atoms with E-state index in [0.717, 1.165) is 22.4 Å². The van der Waals surface area contributed by atoms with Gasteiger partial charge in [0.1, 0.15) is 0 Å². The fourth-order valence-corrected chi connectivity index (χ4v) is 3.45. The van der Waals surface area contributed by atoms with E-state index in [1.807, 2.05) is 32.9 Å². The van der Waals surface area contributed by atoms with Crippen LogP contribution >= 0.6 is 15.9 Å². The molecule has 0 aliphatic carbocycles. The molecule has 0 radical (unpaired) electrons. The van der Waals surface area contributed by atoms with Crippen LogP contribution < -0.4 is 4.90 Å². The van der Waals surface area contributed by atoms with Crippen molar-refractivity contribution in [1.82, 2.24) is 0 Å². The number of carbonyl (C=O) groups excluding carboxylic acids is 2. The largest absolute Gasteiger partial charge is 0.300 e. The quantitative estimate of drug-likeness (QED) is 0.589. The number of carbonyl (C=O) groups is 2. The molecule has 1 aromatic carbocycles. The zero-order chi connectivity index (χ0) is 13.9. The third kappa shape index (κ3) is 1.56. The first-order chi connectivity index (χ1) is 8.86. The minimum atomic E-state index is -0.469. The first-order valence-corrected chi connectivity index (χ1v) is 7.30. The SMILES string of the molecule is Cc1cc2c3c(c1)C(CBr)=CC(C)(C)N3C(=O)C2=O. The molecule has 3 rings (SSSR count). The van der Waals surface area contributed by atoms with Gasteiger partial charge in [-0.25, -0.2) is 0 Å². The fourth-order valence-electron chi connectivity index (χ4n) is 2.98. The number of rotatable bonds is 1. The van der Waals surface area contributed by atoms with Gasteiger partial charge in [0.25, 0.3) is 11.7 Å². The monoisotopic (exact) mass is 319 g/mol. The van der Waals surface area contributed by atoms with E-state index in [2.05, 4.69) is 22.0 Å². The Labute approximate surface area is 120 Å². The number of ketones is 1. The average Bonchev–Trinajstić information content (AvgIpc) is 2.59. The van der Waals surface area contributed by atoms with E-state index in [9.17, 15) is 9.59 Å². The van der Waals surface area contributed by atoms with Gasteiger partial charge in [0.2, 0.25) is 0 Å². The van der Waals surface area contributed by atoms with E-state index in [1.54, 1.807) is 4.90 Å². The summed E-state index contributed by atoms with van der Waals surface area (Å²) >= 11 is 3.50. The first kappa shape index (κ1) is 12.6. The number of alkyl halides is 1. The van der Waals surface area contributed by atoms with Gasteiger partial charge in [-0.15, -0.1) is 0 Å². The third-order valence-corrected chi connectivity index (χ3v) is 4.32. The molecular weight excluding hydrogens is 306 g/mol. The maximum absolute atomic E-state index is 12.2. The Morgan fingerprint density at radius 2 is 1.84 bits per heavy atom. The second-order valence-electron chi connectivity index (χ2n) is 5.64. The van der Waals surface area contributed by atoms with Crippen LogP contribution in [-0.2, 0) is 4.79 Å². The van der Waals surface area contributed by atoms with Crippen LogP contribution in [0.4, 0.5) is 5.69 Å². The van der Waals surface area contributed by atoms with Gasteiger partial charge in [-0.2, -0.15) is 0 Å². The van der Waals surface area contributed by atoms with Crippen molar-refractivity contribution in [3.8, 4) is 0 Å². The number of allylic oxidation sites excluding steroid dienone is 1. The molecule has 3 nitrogen and oxygen atoms in total. The van der Waals surface area contributed by atoms with E-state index >= 15 is 0 Å². The summed E-state index contributed by atoms with van der Waals surface area (Å²) in [5.41, 5.74) is 3.98. The highest BCUT2D eigenvalue weighted by atomic mass is 79.9. The highest BCUT2D eigenvalue weighted by Crippen LogP contribution is 2.46. The molecule has 98 valence electrons. The number of benzene rings is 1. The summed E-state index contributed by atoms with van der Waals surface area (Å²) in [7, 11) is 0. The molecule has 2 aliphatic heterocycles. The predicted molar refractivity (Wildman–Crippen MR) is 78.8 cm³/mol. The van der Waals surface area contributed by atoms with Gasteiger partial charge in [-0.05, 0) is 44.0 Å². The van der Waals surface area contributed by atoms with Gasteiger partial charge in [-0.3, -0.25) is 14.5 Å². The Morgan fingerprint density at radius 1 is 1.21 bits per heavy atom. The number of hydrogen-bond acceptors (Lipinski definition) is 2. The molecule has 4 heteroatoms. The summed E-state index contributed by atoms with van der Waals surface area (Å²) < 4.78 is 0. The summed E-state index contributed by atoms with van der Waals surface area (Å²) in [6, 6.07) is 3.85. The van der Waals surface area contributed by atoms with E-state index in [-0.39, 0.29) is 0 Å². The van der Waals surface area contributed by atoms with Crippen molar-refractivity contribution in [2.24, 2.45) is 0 Å². The summed E-state index contributed by atoms with van der Waals surface area (Å²) in [6.07, 6.45) is 2.06. The Hall–Kier alpha value is -1.42. The minimum Gasteiger partial charge on any atom is -0.295 e. The molecule has 2 heterocycles. The number of Topliss-reactive ketones (excluding diaryl/α,β-unsaturated/α-hetero) is 1. The van der Waals surface area contributed by atoms with Gasteiger partial charge in [0.15, 0.2) is 0 Å². The average molecular weight is 320 g/mol. The molecule has 0 saturated carbocycles. The molecule has 2 aliphatic rings. The molecule has 0 fully saturated rings. The minimum absolute atomic E-state index is 0.391. The molecule has 0 spiro atoms. The molecule has 0 N–H and O–H groups in total. The Bertz CT molecular complexity index is 658. The number of anilines is 1. The fraction of sp³-hybridized carbons (Fsp3) is 0.333. The van der Waals surface area contributed by atoms with Crippen LogP contribution in [0.2, 0.25) is 0 Å². The second-order valence-corrected chi connectivity index (χ2v) is 6.20. The Kier molecular flexibility index (Phi) is 2.52. The van der Waals surface area contributed by atoms with Crippen LogP contribution in [0.25, 0.3) is 5.57 Å². The lowest BCUT2D eigenvalue weighted by atomic mass is 9.88. The van der Waals surface area contributed by atoms with E-state index in [4.69, 9.17) is 0 Å². The molecule has 1 aromatic rings. The van der Waals surface area contributed by atoms with Gasteiger partial charge >= 0.3 is 0 Å². The van der Waals surface area contributed by atoms with Gasteiger partial charge in [-0.1, -0.05) is 22.0 Å². The van der Waals surface area contributed by atoms with Crippen molar-refractivity contribution >= 4 is 38.9 Å². The standard InChI is InChI=1S/C15H14BrNO2/c1-8-4-10-9(7-16)6-15(2,3)17-12(10)11(5-8)13(18)14(17)19/h4-6H,7H2,1-3H3. The van der Waals surface area contributed by atoms with E-state index < -0.39 is 17.2 Å². The number of halogens is 1. The number of hydrogen-bond donors (Lipinski definition) is 0. The van der Waals surface area contributed by atoms with Crippen molar-refractivity contribution in [3.05, 3.63) is 34.9 Å². The number of aryl methyl sites for hydroxylation is 1. The lowest BCUT2D eigenvalue weighted by molar-refractivity contribution is -0.115. The highest BCUT2D eigenvalue weighted by Gasteiger charge is 2.46. The van der Waals surface area contributed by atoms with Crippen LogP contribution in [-0.4, -0.2) is 22.6 Å². The summed E-state index contributed by atoms with van der Waals surface area (Å²) in [5, 5.41) is 0.711. The molecule has 0 atom stereocenters. The normalized spacial score (nSPS) is 19.6. The van der Waals surface area contributed by atoms with Crippen LogP contribution in [0, 0.1) is 6.92 Å². The summed E-state index contributed by atoms with van der Waals surface area (Å²) in [4.78, 5) is 26.0. The van der Waals surface area contributed by atoms with Crippen molar-refractivity contribution in [1.29, 1.82) is 0 Å². The van der Waals surface area contributed by atoms with Crippen molar-refractivity contribution in [3.63, 3.8) is 0 Å². The third-order valence-electron chi connectivity index (χ3n) is 3.71. The lowest BCUT2D eigenvalue weighted by Gasteiger charge is -2.38. The number of nitrogens with zero attached hydrogens (tertiary/aromatic N) is 1. The molecule has 0 saturated heterocycles. The molecule has 0 unspecified atom stereocenters. The van der Waals surface area contributed by atoms with Crippen molar-refractivity contribution in [2.45, 2.75) is 26.3 Å². The maximum Gasteiger partial charge on any atom is 0.300 e. The van der Waals surface area contributed by atoms with E-state index in [0.29, 0.717) is 10.9 Å².